The number of halogens is 1. The first-order valence-corrected chi connectivity index (χ1v) is 6.34. The molecule has 3 nitrogen and oxygen atoms in total. The van der Waals surface area contributed by atoms with Crippen LogP contribution in [-0.2, 0) is 4.79 Å². The molecule has 2 N–H and O–H groups in total. The minimum absolute atomic E-state index is 0. The van der Waals surface area contributed by atoms with Gasteiger partial charge in [-0.25, -0.2) is 0 Å². The third-order valence-electron chi connectivity index (χ3n) is 3.72. The third kappa shape index (κ3) is 3.95. The molecule has 0 bridgehead atoms. The van der Waals surface area contributed by atoms with Crippen LogP contribution >= 0.6 is 12.4 Å². The maximum atomic E-state index is 11.5. The van der Waals surface area contributed by atoms with Crippen LogP contribution in [0.25, 0.3) is 0 Å². The van der Waals surface area contributed by atoms with Gasteiger partial charge in [0.1, 0.15) is 0 Å². The Morgan fingerprint density at radius 2 is 1.94 bits per heavy atom. The van der Waals surface area contributed by atoms with Crippen molar-refractivity contribution < 1.29 is 4.79 Å². The molecule has 0 aromatic carbocycles. The molecule has 4 heteroatoms. The summed E-state index contributed by atoms with van der Waals surface area (Å²) < 4.78 is 0. The zero-order valence-electron chi connectivity index (χ0n) is 9.84. The van der Waals surface area contributed by atoms with Gasteiger partial charge in [0.2, 0.25) is 5.91 Å². The average molecular weight is 247 g/mol. The number of rotatable bonds is 5. The molecule has 1 amide bonds. The van der Waals surface area contributed by atoms with Gasteiger partial charge >= 0.3 is 0 Å². The Bertz CT molecular complexity index is 213. The third-order valence-corrected chi connectivity index (χ3v) is 3.72. The van der Waals surface area contributed by atoms with Gasteiger partial charge < -0.3 is 10.6 Å². The fourth-order valence-corrected chi connectivity index (χ4v) is 2.52. The van der Waals surface area contributed by atoms with Gasteiger partial charge in [-0.05, 0) is 18.8 Å². The number of amides is 1. The molecule has 0 aromatic rings. The summed E-state index contributed by atoms with van der Waals surface area (Å²) in [6.07, 6.45) is 8.15. The van der Waals surface area contributed by atoms with Crippen molar-refractivity contribution in [1.29, 1.82) is 0 Å². The molecule has 1 aliphatic carbocycles. The summed E-state index contributed by atoms with van der Waals surface area (Å²) in [6, 6.07) is 0. The van der Waals surface area contributed by atoms with Crippen molar-refractivity contribution in [2.45, 2.75) is 38.5 Å². The first-order valence-electron chi connectivity index (χ1n) is 6.34. The van der Waals surface area contributed by atoms with E-state index in [9.17, 15) is 4.79 Å². The fraction of sp³-hybridized carbons (Fsp3) is 0.917. The van der Waals surface area contributed by atoms with Crippen molar-refractivity contribution in [3.05, 3.63) is 0 Å². The summed E-state index contributed by atoms with van der Waals surface area (Å²) in [5.41, 5.74) is 0. The molecule has 0 atom stereocenters. The summed E-state index contributed by atoms with van der Waals surface area (Å²) in [4.78, 5) is 11.5. The van der Waals surface area contributed by atoms with E-state index in [-0.39, 0.29) is 24.2 Å². The smallest absolute Gasteiger partial charge is 0.225 e. The van der Waals surface area contributed by atoms with E-state index in [1.54, 1.807) is 0 Å². The quantitative estimate of drug-likeness (QED) is 0.726. The predicted molar refractivity (Wildman–Crippen MR) is 67.8 cm³/mol. The van der Waals surface area contributed by atoms with Crippen LogP contribution in [0.1, 0.15) is 38.5 Å². The zero-order valence-corrected chi connectivity index (χ0v) is 10.7. The summed E-state index contributed by atoms with van der Waals surface area (Å²) in [7, 11) is 0. The van der Waals surface area contributed by atoms with Crippen LogP contribution in [0.2, 0.25) is 0 Å². The van der Waals surface area contributed by atoms with Crippen LogP contribution in [0.3, 0.4) is 0 Å². The lowest BCUT2D eigenvalue weighted by Crippen LogP contribution is -2.50. The van der Waals surface area contributed by atoms with Gasteiger partial charge in [-0.15, -0.1) is 12.4 Å². The van der Waals surface area contributed by atoms with Crippen molar-refractivity contribution in [2.75, 3.05) is 19.6 Å². The van der Waals surface area contributed by atoms with E-state index >= 15 is 0 Å². The lowest BCUT2D eigenvalue weighted by molar-refractivity contribution is -0.126. The van der Waals surface area contributed by atoms with Gasteiger partial charge in [-0.3, -0.25) is 4.79 Å². The highest BCUT2D eigenvalue weighted by atomic mass is 35.5. The van der Waals surface area contributed by atoms with Crippen LogP contribution < -0.4 is 10.6 Å². The first-order chi connectivity index (χ1) is 7.36. The second-order valence-electron chi connectivity index (χ2n) is 4.94. The summed E-state index contributed by atoms with van der Waals surface area (Å²) >= 11 is 0. The Morgan fingerprint density at radius 3 is 2.50 bits per heavy atom. The molecule has 2 rings (SSSR count). The van der Waals surface area contributed by atoms with E-state index in [0.29, 0.717) is 0 Å². The first kappa shape index (κ1) is 13.8. The molecule has 2 fully saturated rings. The van der Waals surface area contributed by atoms with Crippen LogP contribution in [0.5, 0.6) is 0 Å². The maximum absolute atomic E-state index is 11.5. The molecule has 2 aliphatic rings. The minimum atomic E-state index is 0. The highest BCUT2D eigenvalue weighted by Crippen LogP contribution is 2.28. The SMILES string of the molecule is Cl.O=C(NCCCC1CCCC1)C1CNC1. The zero-order chi connectivity index (χ0) is 10.5. The highest BCUT2D eigenvalue weighted by molar-refractivity contribution is 5.85. The van der Waals surface area contributed by atoms with E-state index in [4.69, 9.17) is 0 Å². The Morgan fingerprint density at radius 1 is 1.25 bits per heavy atom. The van der Waals surface area contributed by atoms with E-state index in [1.807, 2.05) is 0 Å². The second kappa shape index (κ2) is 7.13. The Labute approximate surface area is 104 Å². The van der Waals surface area contributed by atoms with Gasteiger partial charge in [0.25, 0.3) is 0 Å². The Kier molecular flexibility index (Phi) is 6.14. The van der Waals surface area contributed by atoms with Gasteiger partial charge in [0.05, 0.1) is 5.92 Å². The molecule has 0 aromatic heterocycles. The fourth-order valence-electron chi connectivity index (χ4n) is 2.52. The number of carbonyl (C=O) groups excluding carboxylic acids is 1. The van der Waals surface area contributed by atoms with Crippen LogP contribution in [0, 0.1) is 11.8 Å². The largest absolute Gasteiger partial charge is 0.356 e. The Balaban J connectivity index is 0.00000128. The molecular weight excluding hydrogens is 224 g/mol. The van der Waals surface area contributed by atoms with Gasteiger partial charge in [-0.2, -0.15) is 0 Å². The molecule has 94 valence electrons. The lowest BCUT2D eigenvalue weighted by atomic mass is 10.0. The topological polar surface area (TPSA) is 41.1 Å². The number of nitrogens with one attached hydrogen (secondary N) is 2. The van der Waals surface area contributed by atoms with Crippen LogP contribution in [0.4, 0.5) is 0 Å². The van der Waals surface area contributed by atoms with Gasteiger partial charge in [0, 0.05) is 19.6 Å². The summed E-state index contributed by atoms with van der Waals surface area (Å²) in [6.45, 7) is 2.62. The molecule has 16 heavy (non-hydrogen) atoms. The average Bonchev–Trinajstić information content (AvgIpc) is 2.62. The predicted octanol–water partition coefficient (Wildman–Crippen LogP) is 1.71. The Hall–Kier alpha value is -0.280. The number of hydrogen-bond acceptors (Lipinski definition) is 2. The molecule has 1 saturated heterocycles. The van der Waals surface area contributed by atoms with Gasteiger partial charge in [-0.1, -0.05) is 25.7 Å². The molecule has 1 saturated carbocycles. The minimum Gasteiger partial charge on any atom is -0.356 e. The molecule has 0 radical (unpaired) electrons. The standard InChI is InChI=1S/C12H22N2O.ClH/c15-12(11-8-13-9-11)14-7-3-6-10-4-1-2-5-10;/h10-11,13H,1-9H2,(H,14,15);1H. The lowest BCUT2D eigenvalue weighted by Gasteiger charge is -2.25. The summed E-state index contributed by atoms with van der Waals surface area (Å²) in [5, 5.41) is 6.15. The van der Waals surface area contributed by atoms with E-state index in [2.05, 4.69) is 10.6 Å². The van der Waals surface area contributed by atoms with Crippen LogP contribution in [0.15, 0.2) is 0 Å². The van der Waals surface area contributed by atoms with E-state index < -0.39 is 0 Å². The maximum Gasteiger partial charge on any atom is 0.225 e. The second-order valence-corrected chi connectivity index (χ2v) is 4.94. The van der Waals surface area contributed by atoms with Crippen molar-refractivity contribution in [3.8, 4) is 0 Å². The highest BCUT2D eigenvalue weighted by Gasteiger charge is 2.24. The molecule has 0 unspecified atom stereocenters. The van der Waals surface area contributed by atoms with Crippen molar-refractivity contribution >= 4 is 18.3 Å². The summed E-state index contributed by atoms with van der Waals surface area (Å²) in [5.74, 6) is 1.45. The van der Waals surface area contributed by atoms with Crippen molar-refractivity contribution in [1.82, 2.24) is 10.6 Å². The molecule has 1 aliphatic heterocycles. The van der Waals surface area contributed by atoms with Gasteiger partial charge in [0.15, 0.2) is 0 Å². The number of hydrogen-bond donors (Lipinski definition) is 2. The molecule has 0 spiro atoms. The van der Waals surface area contributed by atoms with Crippen molar-refractivity contribution in [2.24, 2.45) is 11.8 Å². The van der Waals surface area contributed by atoms with Crippen LogP contribution in [-0.4, -0.2) is 25.5 Å². The molecule has 1 heterocycles. The monoisotopic (exact) mass is 246 g/mol. The number of carbonyl (C=O) groups is 1. The normalized spacial score (nSPS) is 21.2. The van der Waals surface area contributed by atoms with E-state index in [0.717, 1.165) is 32.0 Å². The van der Waals surface area contributed by atoms with Crippen molar-refractivity contribution in [3.63, 3.8) is 0 Å². The molecular formula is C12H23ClN2O. The van der Waals surface area contributed by atoms with E-state index in [1.165, 1.54) is 32.1 Å².